The average molecular weight is 371 g/mol. The van der Waals surface area contributed by atoms with E-state index in [1.807, 2.05) is 0 Å². The molecule has 0 saturated carbocycles. The molecule has 0 radical (unpaired) electrons. The Kier molecular flexibility index (Phi) is 8.91. The summed E-state index contributed by atoms with van der Waals surface area (Å²) in [6.07, 6.45) is 4.23. The van der Waals surface area contributed by atoms with Crippen LogP contribution >= 0.6 is 11.6 Å². The van der Waals surface area contributed by atoms with Crippen LogP contribution in [0.4, 0.5) is 5.69 Å². The van der Waals surface area contributed by atoms with Gasteiger partial charge in [0.2, 0.25) is 0 Å². The van der Waals surface area contributed by atoms with Gasteiger partial charge >= 0.3 is 5.97 Å². The van der Waals surface area contributed by atoms with Crippen molar-refractivity contribution in [1.29, 1.82) is 0 Å². The molecule has 0 bridgehead atoms. The van der Waals surface area contributed by atoms with Gasteiger partial charge in [0.25, 0.3) is 11.6 Å². The third kappa shape index (κ3) is 7.09. The summed E-state index contributed by atoms with van der Waals surface area (Å²) in [4.78, 5) is 33.8. The molecule has 8 heteroatoms. The van der Waals surface area contributed by atoms with E-state index in [-0.39, 0.29) is 16.3 Å². The van der Waals surface area contributed by atoms with Gasteiger partial charge in [-0.1, -0.05) is 44.7 Å². The number of benzene rings is 1. The molecule has 0 saturated heterocycles. The van der Waals surface area contributed by atoms with Gasteiger partial charge in [-0.3, -0.25) is 14.9 Å². The molecule has 0 fully saturated rings. The zero-order chi connectivity index (χ0) is 18.8. The van der Waals surface area contributed by atoms with Crippen LogP contribution in [0.1, 0.15) is 49.9 Å². The molecule has 1 aromatic carbocycles. The van der Waals surface area contributed by atoms with Gasteiger partial charge in [0, 0.05) is 12.6 Å². The number of nitrogens with one attached hydrogen (secondary N) is 1. The van der Waals surface area contributed by atoms with E-state index in [4.69, 9.17) is 16.3 Å². The highest BCUT2D eigenvalue weighted by molar-refractivity contribution is 6.32. The van der Waals surface area contributed by atoms with Crippen molar-refractivity contribution in [3.8, 4) is 0 Å². The second-order valence-corrected chi connectivity index (χ2v) is 6.13. The number of ether oxygens (including phenoxy) is 1. The number of esters is 1. The van der Waals surface area contributed by atoms with Crippen molar-refractivity contribution in [3.05, 3.63) is 38.9 Å². The standard InChI is InChI=1S/C17H23ClN2O5/c1-3-5-6-12(4-2)10-19-16(21)11-25-17(22)13-7-8-14(18)15(9-13)20(23)24/h7-9,12H,3-6,10-11H2,1-2H3,(H,19,21)/t12-/m0/s1. The minimum absolute atomic E-state index is 0.0294. The number of nitrogens with zero attached hydrogens (tertiary/aromatic N) is 1. The molecule has 7 nitrogen and oxygen atoms in total. The van der Waals surface area contributed by atoms with E-state index in [9.17, 15) is 19.7 Å². The van der Waals surface area contributed by atoms with Gasteiger partial charge in [0.15, 0.2) is 6.61 Å². The van der Waals surface area contributed by atoms with Crippen LogP contribution in [0, 0.1) is 16.0 Å². The van der Waals surface area contributed by atoms with Crippen molar-refractivity contribution in [2.75, 3.05) is 13.2 Å². The fraction of sp³-hybridized carbons (Fsp3) is 0.529. The number of hydrogen-bond acceptors (Lipinski definition) is 5. The van der Waals surface area contributed by atoms with E-state index in [0.717, 1.165) is 31.7 Å². The van der Waals surface area contributed by atoms with Crippen LogP contribution in [0.25, 0.3) is 0 Å². The van der Waals surface area contributed by atoms with Crippen LogP contribution in [-0.4, -0.2) is 30.0 Å². The van der Waals surface area contributed by atoms with Gasteiger partial charge in [-0.25, -0.2) is 4.79 Å². The Hall–Kier alpha value is -2.15. The highest BCUT2D eigenvalue weighted by Gasteiger charge is 2.18. The number of hydrogen-bond donors (Lipinski definition) is 1. The van der Waals surface area contributed by atoms with Crippen molar-refractivity contribution in [1.82, 2.24) is 5.32 Å². The smallest absolute Gasteiger partial charge is 0.338 e. The Morgan fingerprint density at radius 3 is 2.68 bits per heavy atom. The van der Waals surface area contributed by atoms with E-state index in [1.165, 1.54) is 12.1 Å². The maximum Gasteiger partial charge on any atom is 0.338 e. The number of halogens is 1. The fourth-order valence-corrected chi connectivity index (χ4v) is 2.43. The summed E-state index contributed by atoms with van der Waals surface area (Å²) in [5.41, 5.74) is -0.416. The predicted octanol–water partition coefficient (Wildman–Crippen LogP) is 3.74. The summed E-state index contributed by atoms with van der Waals surface area (Å²) in [5, 5.41) is 13.5. The molecular weight excluding hydrogens is 348 g/mol. The van der Waals surface area contributed by atoms with Crippen molar-refractivity contribution >= 4 is 29.2 Å². The van der Waals surface area contributed by atoms with Crippen molar-refractivity contribution < 1.29 is 19.2 Å². The lowest BCUT2D eigenvalue weighted by atomic mass is 9.99. The SMILES string of the molecule is CCCC[C@H](CC)CNC(=O)COC(=O)c1ccc(Cl)c([N+](=O)[O-])c1. The minimum Gasteiger partial charge on any atom is -0.452 e. The molecule has 1 aromatic rings. The number of rotatable bonds is 10. The first-order valence-corrected chi connectivity index (χ1v) is 8.64. The molecule has 0 aliphatic rings. The van der Waals surface area contributed by atoms with Gasteiger partial charge in [0.05, 0.1) is 10.5 Å². The molecule has 0 aliphatic heterocycles. The van der Waals surface area contributed by atoms with E-state index in [0.29, 0.717) is 12.5 Å². The quantitative estimate of drug-likeness (QED) is 0.384. The van der Waals surface area contributed by atoms with Crippen LogP contribution in [0.5, 0.6) is 0 Å². The summed E-state index contributed by atoms with van der Waals surface area (Å²) in [6, 6.07) is 3.59. The lowest BCUT2D eigenvalue weighted by Gasteiger charge is -2.15. The van der Waals surface area contributed by atoms with Crippen molar-refractivity contribution in [2.45, 2.75) is 39.5 Å². The second-order valence-electron chi connectivity index (χ2n) is 5.72. The number of unbranched alkanes of at least 4 members (excludes halogenated alkanes) is 1. The van der Waals surface area contributed by atoms with Crippen molar-refractivity contribution in [3.63, 3.8) is 0 Å². The van der Waals surface area contributed by atoms with Crippen LogP contribution < -0.4 is 5.32 Å². The number of carbonyl (C=O) groups excluding carboxylic acids is 2. The summed E-state index contributed by atoms with van der Waals surface area (Å²) < 4.78 is 4.89. The van der Waals surface area contributed by atoms with E-state index in [1.54, 1.807) is 0 Å². The van der Waals surface area contributed by atoms with E-state index < -0.39 is 23.4 Å². The second kappa shape index (κ2) is 10.7. The highest BCUT2D eigenvalue weighted by Crippen LogP contribution is 2.25. The Morgan fingerprint density at radius 1 is 1.36 bits per heavy atom. The van der Waals surface area contributed by atoms with Crippen LogP contribution in [0.3, 0.4) is 0 Å². The van der Waals surface area contributed by atoms with Gasteiger partial charge in [-0.2, -0.15) is 0 Å². The first kappa shape index (κ1) is 20.9. The first-order valence-electron chi connectivity index (χ1n) is 8.26. The predicted molar refractivity (Wildman–Crippen MR) is 94.7 cm³/mol. The molecule has 0 spiro atoms. The van der Waals surface area contributed by atoms with E-state index in [2.05, 4.69) is 19.2 Å². The average Bonchev–Trinajstić information content (AvgIpc) is 2.59. The molecule has 1 N–H and O–H groups in total. The molecule has 138 valence electrons. The first-order chi connectivity index (χ1) is 11.9. The highest BCUT2D eigenvalue weighted by atomic mass is 35.5. The van der Waals surface area contributed by atoms with Crippen LogP contribution in [-0.2, 0) is 9.53 Å². The van der Waals surface area contributed by atoms with E-state index >= 15 is 0 Å². The Bertz CT molecular complexity index is 621. The molecule has 25 heavy (non-hydrogen) atoms. The molecule has 1 amide bonds. The number of carbonyl (C=O) groups is 2. The van der Waals surface area contributed by atoms with Gasteiger partial charge in [-0.05, 0) is 24.5 Å². The topological polar surface area (TPSA) is 98.5 Å². The third-order valence-electron chi connectivity index (χ3n) is 3.84. The van der Waals surface area contributed by atoms with Crippen LogP contribution in [0.15, 0.2) is 18.2 Å². The number of nitro benzene ring substituents is 1. The summed E-state index contributed by atoms with van der Waals surface area (Å²) in [7, 11) is 0. The van der Waals surface area contributed by atoms with Crippen LogP contribution in [0.2, 0.25) is 5.02 Å². The summed E-state index contributed by atoms with van der Waals surface area (Å²) >= 11 is 5.69. The number of nitro groups is 1. The molecule has 0 heterocycles. The zero-order valence-corrected chi connectivity index (χ0v) is 15.2. The number of amides is 1. The molecule has 1 atom stereocenters. The largest absolute Gasteiger partial charge is 0.452 e. The fourth-order valence-electron chi connectivity index (χ4n) is 2.25. The lowest BCUT2D eigenvalue weighted by molar-refractivity contribution is -0.384. The Balaban J connectivity index is 2.49. The maximum absolute atomic E-state index is 11.9. The minimum atomic E-state index is -0.812. The maximum atomic E-state index is 11.9. The van der Waals surface area contributed by atoms with Crippen molar-refractivity contribution in [2.24, 2.45) is 5.92 Å². The molecule has 1 rings (SSSR count). The normalized spacial score (nSPS) is 11.6. The molecular formula is C17H23ClN2O5. The monoisotopic (exact) mass is 370 g/mol. The molecule has 0 unspecified atom stereocenters. The third-order valence-corrected chi connectivity index (χ3v) is 4.16. The zero-order valence-electron chi connectivity index (χ0n) is 14.4. The van der Waals surface area contributed by atoms with Gasteiger partial charge in [0.1, 0.15) is 5.02 Å². The molecule has 0 aromatic heterocycles. The van der Waals surface area contributed by atoms with Gasteiger partial charge in [-0.15, -0.1) is 0 Å². The Morgan fingerprint density at radius 2 is 2.08 bits per heavy atom. The van der Waals surface area contributed by atoms with Gasteiger partial charge < -0.3 is 10.1 Å². The Labute approximate surface area is 151 Å². The summed E-state index contributed by atoms with van der Waals surface area (Å²) in [5.74, 6) is -0.807. The lowest BCUT2D eigenvalue weighted by Crippen LogP contribution is -2.32. The summed E-state index contributed by atoms with van der Waals surface area (Å²) in [6.45, 7) is 4.30. The molecule has 0 aliphatic carbocycles.